The van der Waals surface area contributed by atoms with E-state index in [2.05, 4.69) is 24.3 Å². The molecular weight excluding hydrogens is 460 g/mol. The molecule has 0 saturated carbocycles. The summed E-state index contributed by atoms with van der Waals surface area (Å²) in [6.07, 6.45) is 2.63. The summed E-state index contributed by atoms with van der Waals surface area (Å²) in [5.41, 5.74) is 3.90. The second-order valence-corrected chi connectivity index (χ2v) is 10.4. The quantitative estimate of drug-likeness (QED) is 0.462. The molecule has 2 fully saturated rings. The van der Waals surface area contributed by atoms with E-state index < -0.39 is 17.2 Å². The molecule has 1 N–H and O–H groups in total. The Morgan fingerprint density at radius 1 is 0.972 bits per heavy atom. The van der Waals surface area contributed by atoms with Crippen LogP contribution in [0.1, 0.15) is 60.3 Å². The summed E-state index contributed by atoms with van der Waals surface area (Å²) in [6.45, 7) is 1.74. The molecule has 1 aliphatic carbocycles. The Bertz CT molecular complexity index is 1280. The first-order valence-electron chi connectivity index (χ1n) is 12.7. The Labute approximate surface area is 209 Å². The van der Waals surface area contributed by atoms with Crippen molar-refractivity contribution < 1.29 is 23.4 Å². The highest BCUT2D eigenvalue weighted by Gasteiger charge is 2.49. The molecule has 186 valence electrons. The maximum atomic E-state index is 14.3. The van der Waals surface area contributed by atoms with Gasteiger partial charge in [0, 0.05) is 30.8 Å². The molecule has 2 unspecified atom stereocenters. The fourth-order valence-corrected chi connectivity index (χ4v) is 6.77. The van der Waals surface area contributed by atoms with Crippen molar-refractivity contribution in [2.75, 3.05) is 6.61 Å². The predicted molar refractivity (Wildman–Crippen MR) is 133 cm³/mol. The molecule has 2 saturated heterocycles. The zero-order chi connectivity index (χ0) is 25.0. The Kier molecular flexibility index (Phi) is 5.60. The van der Waals surface area contributed by atoms with Crippen LogP contribution >= 0.6 is 0 Å². The number of fused-ring (bicyclic) bond motifs is 5. The van der Waals surface area contributed by atoms with Crippen molar-refractivity contribution >= 4 is 6.09 Å². The summed E-state index contributed by atoms with van der Waals surface area (Å²) < 4.78 is 34.0. The number of carbonyl (C=O) groups excluding carboxylic acids is 1. The summed E-state index contributed by atoms with van der Waals surface area (Å²) in [7, 11) is 0. The molecule has 6 heteroatoms. The third-order valence-electron chi connectivity index (χ3n) is 8.40. The van der Waals surface area contributed by atoms with Crippen molar-refractivity contribution in [3.05, 3.63) is 94.6 Å². The minimum Gasteiger partial charge on any atom is -0.448 e. The molecule has 36 heavy (non-hydrogen) atoms. The Morgan fingerprint density at radius 3 is 2.17 bits per heavy atom. The van der Waals surface area contributed by atoms with Gasteiger partial charge in [0.15, 0.2) is 11.6 Å². The highest BCUT2D eigenvalue weighted by atomic mass is 19.2. The monoisotopic (exact) mass is 489 g/mol. The van der Waals surface area contributed by atoms with Gasteiger partial charge in [-0.1, -0.05) is 54.6 Å². The van der Waals surface area contributed by atoms with Crippen LogP contribution in [0, 0.1) is 18.6 Å². The molecule has 2 aliphatic heterocycles. The van der Waals surface area contributed by atoms with E-state index in [-0.39, 0.29) is 49.1 Å². The smallest absolute Gasteiger partial charge is 0.410 e. The summed E-state index contributed by atoms with van der Waals surface area (Å²) in [4.78, 5) is 15.2. The Morgan fingerprint density at radius 2 is 1.56 bits per heavy atom. The van der Waals surface area contributed by atoms with Crippen molar-refractivity contribution in [2.45, 2.75) is 62.6 Å². The van der Waals surface area contributed by atoms with E-state index in [0.717, 1.165) is 36.5 Å². The van der Waals surface area contributed by atoms with Crippen LogP contribution in [0.25, 0.3) is 11.1 Å². The highest BCUT2D eigenvalue weighted by molar-refractivity contribution is 5.79. The molecule has 2 atom stereocenters. The molecule has 3 aromatic rings. The number of hydrogen-bond donors (Lipinski definition) is 1. The van der Waals surface area contributed by atoms with Crippen LogP contribution in [-0.4, -0.2) is 34.8 Å². The lowest BCUT2D eigenvalue weighted by molar-refractivity contribution is -0.0895. The molecule has 0 spiro atoms. The number of piperidine rings is 2. The van der Waals surface area contributed by atoms with Crippen LogP contribution in [0.5, 0.6) is 0 Å². The van der Waals surface area contributed by atoms with E-state index in [1.807, 2.05) is 24.3 Å². The first-order chi connectivity index (χ1) is 17.4. The van der Waals surface area contributed by atoms with Crippen molar-refractivity contribution in [2.24, 2.45) is 0 Å². The number of amides is 1. The van der Waals surface area contributed by atoms with E-state index in [0.29, 0.717) is 5.56 Å². The van der Waals surface area contributed by atoms with Crippen LogP contribution in [0.15, 0.2) is 60.7 Å². The lowest BCUT2D eigenvalue weighted by Crippen LogP contribution is -2.59. The topological polar surface area (TPSA) is 49.8 Å². The lowest BCUT2D eigenvalue weighted by atomic mass is 9.71. The van der Waals surface area contributed by atoms with Gasteiger partial charge in [0.1, 0.15) is 6.61 Å². The molecular formula is C30H29F2NO3. The van der Waals surface area contributed by atoms with Gasteiger partial charge in [-0.2, -0.15) is 0 Å². The fourth-order valence-electron chi connectivity index (χ4n) is 6.77. The first-order valence-corrected chi connectivity index (χ1v) is 12.7. The van der Waals surface area contributed by atoms with Gasteiger partial charge in [0.25, 0.3) is 0 Å². The van der Waals surface area contributed by atoms with E-state index >= 15 is 0 Å². The summed E-state index contributed by atoms with van der Waals surface area (Å²) in [6, 6.07) is 18.6. The number of hydrogen-bond acceptors (Lipinski definition) is 3. The minimum atomic E-state index is -1.31. The number of ether oxygens (including phenoxy) is 1. The number of benzene rings is 3. The molecule has 2 heterocycles. The van der Waals surface area contributed by atoms with Gasteiger partial charge in [-0.25, -0.2) is 13.6 Å². The van der Waals surface area contributed by atoms with Gasteiger partial charge in [-0.05, 0) is 65.6 Å². The van der Waals surface area contributed by atoms with Crippen molar-refractivity contribution in [1.82, 2.24) is 4.90 Å². The van der Waals surface area contributed by atoms with E-state index in [4.69, 9.17) is 4.74 Å². The average Bonchev–Trinajstić information content (AvgIpc) is 3.19. The zero-order valence-corrected chi connectivity index (χ0v) is 20.2. The summed E-state index contributed by atoms with van der Waals surface area (Å²) in [5, 5.41) is 11.6. The van der Waals surface area contributed by atoms with Crippen LogP contribution in [-0.2, 0) is 10.3 Å². The van der Waals surface area contributed by atoms with Crippen molar-refractivity contribution in [1.29, 1.82) is 0 Å². The van der Waals surface area contributed by atoms with Crippen molar-refractivity contribution in [3.8, 4) is 11.1 Å². The number of halogens is 2. The summed E-state index contributed by atoms with van der Waals surface area (Å²) >= 11 is 0. The normalized spacial score (nSPS) is 24.8. The molecule has 2 bridgehead atoms. The summed E-state index contributed by atoms with van der Waals surface area (Å²) in [5.74, 6) is -1.87. The van der Waals surface area contributed by atoms with Gasteiger partial charge in [0.2, 0.25) is 0 Å². The maximum Gasteiger partial charge on any atom is 0.410 e. The number of rotatable bonds is 3. The largest absolute Gasteiger partial charge is 0.448 e. The fraction of sp³-hybridized carbons (Fsp3) is 0.367. The van der Waals surface area contributed by atoms with Crippen LogP contribution in [0.4, 0.5) is 13.6 Å². The van der Waals surface area contributed by atoms with Gasteiger partial charge in [-0.3, -0.25) is 0 Å². The molecule has 3 aliphatic rings. The molecule has 0 aromatic heterocycles. The number of aliphatic hydroxyl groups is 1. The maximum absolute atomic E-state index is 14.3. The van der Waals surface area contributed by atoms with Gasteiger partial charge >= 0.3 is 6.09 Å². The number of carbonyl (C=O) groups is 1. The average molecular weight is 490 g/mol. The Hall–Kier alpha value is -3.25. The first kappa shape index (κ1) is 23.2. The van der Waals surface area contributed by atoms with Gasteiger partial charge in [-0.15, -0.1) is 0 Å². The highest BCUT2D eigenvalue weighted by Crippen LogP contribution is 2.47. The molecule has 1 amide bonds. The van der Waals surface area contributed by atoms with Crippen LogP contribution in [0.2, 0.25) is 0 Å². The predicted octanol–water partition coefficient (Wildman–Crippen LogP) is 6.43. The Balaban J connectivity index is 1.22. The van der Waals surface area contributed by atoms with Gasteiger partial charge < -0.3 is 14.7 Å². The second kappa shape index (κ2) is 8.70. The van der Waals surface area contributed by atoms with E-state index in [1.165, 1.54) is 24.1 Å². The lowest BCUT2D eigenvalue weighted by Gasteiger charge is -2.51. The number of nitrogens with zero attached hydrogens (tertiary/aromatic N) is 1. The third kappa shape index (κ3) is 3.62. The molecule has 0 radical (unpaired) electrons. The van der Waals surface area contributed by atoms with E-state index in [1.54, 1.807) is 4.90 Å². The minimum absolute atomic E-state index is 0.0206. The molecule has 3 aromatic carbocycles. The SMILES string of the molecule is Cc1c(C2(O)CC3CCCC(C2)N3C(=O)OCC2c3ccccc3-c3ccccc32)ccc(F)c1F. The van der Waals surface area contributed by atoms with Crippen LogP contribution in [0.3, 0.4) is 0 Å². The molecule has 6 rings (SSSR count). The standard InChI is InChI=1S/C30H29F2NO3/c1-18-26(13-14-27(31)28(18)32)30(35)15-19-7-6-8-20(16-30)33(19)29(34)36-17-25-23-11-4-2-9-21(23)22-10-3-5-12-24(22)25/h2-5,9-14,19-20,25,35H,6-8,15-17H2,1H3. The zero-order valence-electron chi connectivity index (χ0n) is 20.2. The second-order valence-electron chi connectivity index (χ2n) is 10.4. The van der Waals surface area contributed by atoms with Crippen molar-refractivity contribution in [3.63, 3.8) is 0 Å². The molecule has 4 nitrogen and oxygen atoms in total. The third-order valence-corrected chi connectivity index (χ3v) is 8.40. The van der Waals surface area contributed by atoms with Gasteiger partial charge in [0.05, 0.1) is 5.60 Å². The van der Waals surface area contributed by atoms with Crippen LogP contribution < -0.4 is 0 Å². The van der Waals surface area contributed by atoms with E-state index in [9.17, 15) is 18.7 Å².